The highest BCUT2D eigenvalue weighted by Crippen LogP contribution is 2.32. The summed E-state index contributed by atoms with van der Waals surface area (Å²) in [7, 11) is 0. The maximum atomic E-state index is 12.2. The van der Waals surface area contributed by atoms with Crippen molar-refractivity contribution in [3.63, 3.8) is 0 Å². The number of hydrogen-bond donors (Lipinski definition) is 2. The Morgan fingerprint density at radius 3 is 2.83 bits per heavy atom. The molecule has 0 aromatic carbocycles. The average Bonchev–Trinajstić information content (AvgIpc) is 3.14. The first kappa shape index (κ1) is 16.8. The summed E-state index contributed by atoms with van der Waals surface area (Å²) in [5.41, 5.74) is 0. The minimum Gasteiger partial charge on any atom is -0.360 e. The lowest BCUT2D eigenvalue weighted by Crippen LogP contribution is -2.24. The molecule has 1 amide bonds. The van der Waals surface area contributed by atoms with Crippen LogP contribution in [-0.2, 0) is 4.79 Å². The van der Waals surface area contributed by atoms with Crippen molar-refractivity contribution < 1.29 is 9.32 Å². The van der Waals surface area contributed by atoms with Crippen molar-refractivity contribution in [2.24, 2.45) is 0 Å². The van der Waals surface area contributed by atoms with Gasteiger partial charge in [-0.2, -0.15) is 0 Å². The molecule has 130 valence electrons. The molecule has 3 N–H and O–H groups in total. The molecule has 2 heterocycles. The van der Waals surface area contributed by atoms with E-state index in [1.165, 1.54) is 35.7 Å². The Morgan fingerprint density at radius 2 is 2.17 bits per heavy atom. The van der Waals surface area contributed by atoms with Gasteiger partial charge in [0.1, 0.15) is 5.76 Å². The summed E-state index contributed by atoms with van der Waals surface area (Å²) < 4.78 is 6.47. The van der Waals surface area contributed by atoms with Gasteiger partial charge in [-0.3, -0.25) is 4.79 Å². The van der Waals surface area contributed by atoms with Crippen LogP contribution in [0.1, 0.15) is 56.5 Å². The summed E-state index contributed by atoms with van der Waals surface area (Å²) in [6, 6.07) is 1.67. The summed E-state index contributed by atoms with van der Waals surface area (Å²) in [5.74, 6) is 8.20. The number of nitrogens with zero attached hydrogens (tertiary/aromatic N) is 4. The molecular weight excluding hydrogens is 328 g/mol. The van der Waals surface area contributed by atoms with Gasteiger partial charge >= 0.3 is 0 Å². The SMILES string of the molecule is Cc1cc(NC(=O)C(C)Sc2nnc(C3CCCCC3)n2N)no1. The van der Waals surface area contributed by atoms with E-state index >= 15 is 0 Å². The van der Waals surface area contributed by atoms with Gasteiger partial charge in [-0.25, -0.2) is 4.68 Å². The van der Waals surface area contributed by atoms with Crippen LogP contribution in [0.15, 0.2) is 15.7 Å². The maximum Gasteiger partial charge on any atom is 0.238 e. The monoisotopic (exact) mass is 350 g/mol. The molecule has 9 heteroatoms. The number of anilines is 1. The molecule has 1 unspecified atom stereocenters. The van der Waals surface area contributed by atoms with E-state index in [4.69, 9.17) is 10.4 Å². The molecule has 0 radical (unpaired) electrons. The maximum absolute atomic E-state index is 12.2. The van der Waals surface area contributed by atoms with Gasteiger partial charge in [-0.05, 0) is 26.7 Å². The smallest absolute Gasteiger partial charge is 0.238 e. The third-order valence-electron chi connectivity index (χ3n) is 4.19. The normalized spacial score (nSPS) is 16.9. The van der Waals surface area contributed by atoms with Crippen LogP contribution >= 0.6 is 11.8 Å². The van der Waals surface area contributed by atoms with Crippen molar-refractivity contribution in [3.05, 3.63) is 17.7 Å². The molecule has 1 aliphatic carbocycles. The highest BCUT2D eigenvalue weighted by molar-refractivity contribution is 8.00. The molecular formula is C15H22N6O2S. The number of rotatable bonds is 5. The molecule has 2 aromatic heterocycles. The second-order valence-electron chi connectivity index (χ2n) is 6.12. The van der Waals surface area contributed by atoms with Crippen molar-refractivity contribution >= 4 is 23.5 Å². The van der Waals surface area contributed by atoms with E-state index in [1.54, 1.807) is 19.9 Å². The van der Waals surface area contributed by atoms with Gasteiger partial charge in [-0.1, -0.05) is 36.2 Å². The van der Waals surface area contributed by atoms with Gasteiger partial charge in [0.15, 0.2) is 11.6 Å². The van der Waals surface area contributed by atoms with Crippen LogP contribution in [-0.4, -0.2) is 31.2 Å². The van der Waals surface area contributed by atoms with Crippen LogP contribution in [0, 0.1) is 6.92 Å². The Kier molecular flexibility index (Phi) is 5.08. The van der Waals surface area contributed by atoms with Gasteiger partial charge in [-0.15, -0.1) is 10.2 Å². The Balaban J connectivity index is 1.62. The summed E-state index contributed by atoms with van der Waals surface area (Å²) >= 11 is 1.28. The van der Waals surface area contributed by atoms with Gasteiger partial charge in [0, 0.05) is 12.0 Å². The zero-order chi connectivity index (χ0) is 17.1. The zero-order valence-electron chi connectivity index (χ0n) is 13.9. The Bertz CT molecular complexity index is 707. The summed E-state index contributed by atoms with van der Waals surface area (Å²) in [4.78, 5) is 12.2. The second-order valence-corrected chi connectivity index (χ2v) is 7.43. The second kappa shape index (κ2) is 7.25. The highest BCUT2D eigenvalue weighted by Gasteiger charge is 2.25. The molecule has 1 atom stereocenters. The molecule has 2 aromatic rings. The largest absolute Gasteiger partial charge is 0.360 e. The number of hydrogen-bond acceptors (Lipinski definition) is 7. The minimum atomic E-state index is -0.382. The first-order chi connectivity index (χ1) is 11.5. The van der Waals surface area contributed by atoms with Crippen molar-refractivity contribution in [1.29, 1.82) is 0 Å². The third-order valence-corrected chi connectivity index (χ3v) is 5.25. The molecule has 8 nitrogen and oxygen atoms in total. The van der Waals surface area contributed by atoms with Crippen molar-refractivity contribution in [2.45, 2.75) is 62.3 Å². The molecule has 1 aliphatic rings. The predicted molar refractivity (Wildman–Crippen MR) is 91.2 cm³/mol. The molecule has 24 heavy (non-hydrogen) atoms. The van der Waals surface area contributed by atoms with Crippen molar-refractivity contribution in [2.75, 3.05) is 11.2 Å². The first-order valence-corrected chi connectivity index (χ1v) is 9.04. The molecule has 0 spiro atoms. The van der Waals surface area contributed by atoms with Crippen LogP contribution < -0.4 is 11.2 Å². The fraction of sp³-hybridized carbons (Fsp3) is 0.600. The zero-order valence-corrected chi connectivity index (χ0v) is 14.7. The lowest BCUT2D eigenvalue weighted by Gasteiger charge is -2.20. The topological polar surface area (TPSA) is 112 Å². The van der Waals surface area contributed by atoms with Gasteiger partial charge in [0.25, 0.3) is 0 Å². The van der Waals surface area contributed by atoms with Gasteiger partial charge < -0.3 is 15.7 Å². The Hall–Kier alpha value is -2.03. The lowest BCUT2D eigenvalue weighted by molar-refractivity contribution is -0.115. The van der Waals surface area contributed by atoms with E-state index in [9.17, 15) is 4.79 Å². The third kappa shape index (κ3) is 3.72. The minimum absolute atomic E-state index is 0.185. The number of nitrogen functional groups attached to an aromatic ring is 1. The van der Waals surface area contributed by atoms with Gasteiger partial charge in [0.05, 0.1) is 5.25 Å². The Labute approximate surface area is 144 Å². The molecule has 1 saturated carbocycles. The lowest BCUT2D eigenvalue weighted by atomic mass is 9.89. The number of thioether (sulfide) groups is 1. The van der Waals surface area contributed by atoms with E-state index < -0.39 is 0 Å². The van der Waals surface area contributed by atoms with Crippen LogP contribution in [0.25, 0.3) is 0 Å². The first-order valence-electron chi connectivity index (χ1n) is 8.16. The molecule has 0 bridgehead atoms. The quantitative estimate of drug-likeness (QED) is 0.629. The van der Waals surface area contributed by atoms with Crippen LogP contribution in [0.5, 0.6) is 0 Å². The van der Waals surface area contributed by atoms with Gasteiger partial charge in [0.2, 0.25) is 11.1 Å². The van der Waals surface area contributed by atoms with Crippen molar-refractivity contribution in [3.8, 4) is 0 Å². The summed E-state index contributed by atoms with van der Waals surface area (Å²) in [6.07, 6.45) is 5.88. The number of nitrogens with one attached hydrogen (secondary N) is 1. The average molecular weight is 350 g/mol. The van der Waals surface area contributed by atoms with Crippen LogP contribution in [0.2, 0.25) is 0 Å². The van der Waals surface area contributed by atoms with E-state index in [2.05, 4.69) is 20.7 Å². The highest BCUT2D eigenvalue weighted by atomic mass is 32.2. The van der Waals surface area contributed by atoms with E-state index in [-0.39, 0.29) is 11.2 Å². The van der Waals surface area contributed by atoms with Crippen LogP contribution in [0.3, 0.4) is 0 Å². The Morgan fingerprint density at radius 1 is 1.42 bits per heavy atom. The standard InChI is InChI=1S/C15H22N6O2S/c1-9-8-12(20-23-9)17-14(22)10(2)24-15-19-18-13(21(15)16)11-6-4-3-5-7-11/h8,10-11H,3-7,16H2,1-2H3,(H,17,20,22). The number of aromatic nitrogens is 4. The van der Waals surface area contributed by atoms with E-state index in [0.717, 1.165) is 18.7 Å². The number of carbonyl (C=O) groups excluding carboxylic acids is 1. The molecule has 0 saturated heterocycles. The number of carbonyl (C=O) groups is 1. The predicted octanol–water partition coefficient (Wildman–Crippen LogP) is 2.46. The van der Waals surface area contributed by atoms with Crippen LogP contribution in [0.4, 0.5) is 5.82 Å². The number of nitrogens with two attached hydrogens (primary N) is 1. The summed E-state index contributed by atoms with van der Waals surface area (Å²) in [5, 5.41) is 15.0. The molecule has 0 aliphatic heterocycles. The fourth-order valence-corrected chi connectivity index (χ4v) is 3.65. The van der Waals surface area contributed by atoms with E-state index in [0.29, 0.717) is 22.7 Å². The van der Waals surface area contributed by atoms with E-state index in [1.807, 2.05) is 0 Å². The number of aryl methyl sites for hydroxylation is 1. The van der Waals surface area contributed by atoms with Crippen molar-refractivity contribution in [1.82, 2.24) is 20.0 Å². The molecule has 1 fully saturated rings. The number of amides is 1. The fourth-order valence-electron chi connectivity index (χ4n) is 2.87. The molecule has 3 rings (SSSR count). The summed E-state index contributed by atoms with van der Waals surface area (Å²) in [6.45, 7) is 3.56.